The summed E-state index contributed by atoms with van der Waals surface area (Å²) in [5, 5.41) is 5.71. The average Bonchev–Trinajstić information content (AvgIpc) is 2.93. The molecule has 1 aliphatic rings. The third-order valence-corrected chi connectivity index (χ3v) is 5.07. The van der Waals surface area contributed by atoms with Crippen LogP contribution in [0.5, 0.6) is 11.5 Å². The highest BCUT2D eigenvalue weighted by molar-refractivity contribution is 7.10. The Labute approximate surface area is 129 Å². The van der Waals surface area contributed by atoms with Gasteiger partial charge in [-0.05, 0) is 48.7 Å². The number of rotatable bonds is 4. The first-order valence-corrected chi connectivity index (χ1v) is 8.22. The van der Waals surface area contributed by atoms with Crippen molar-refractivity contribution in [2.45, 2.75) is 32.4 Å². The third kappa shape index (κ3) is 2.78. The third-order valence-electron chi connectivity index (χ3n) is 3.96. The minimum absolute atomic E-state index is 0.134. The van der Waals surface area contributed by atoms with Crippen molar-refractivity contribution < 1.29 is 9.47 Å². The molecule has 0 bridgehead atoms. The quantitative estimate of drug-likeness (QED) is 0.916. The van der Waals surface area contributed by atoms with E-state index in [1.165, 1.54) is 16.0 Å². The number of nitrogens with one attached hydrogen (secondary N) is 1. The maximum Gasteiger partial charge on any atom is 0.135 e. The van der Waals surface area contributed by atoms with Crippen molar-refractivity contribution in [1.29, 1.82) is 0 Å². The number of aryl methyl sites for hydroxylation is 1. The first-order valence-electron chi connectivity index (χ1n) is 7.35. The van der Waals surface area contributed by atoms with E-state index in [0.717, 1.165) is 24.5 Å². The Morgan fingerprint density at radius 3 is 2.90 bits per heavy atom. The summed E-state index contributed by atoms with van der Waals surface area (Å²) >= 11 is 1.78. The number of thiophene rings is 1. The Balaban J connectivity index is 1.96. The van der Waals surface area contributed by atoms with Gasteiger partial charge in [0.05, 0.1) is 7.11 Å². The van der Waals surface area contributed by atoms with Crippen LogP contribution in [0, 0.1) is 6.92 Å². The second-order valence-electron chi connectivity index (χ2n) is 5.32. The second-order valence-corrected chi connectivity index (χ2v) is 6.27. The minimum Gasteiger partial charge on any atom is -0.497 e. The molecule has 21 heavy (non-hydrogen) atoms. The highest BCUT2D eigenvalue weighted by Crippen LogP contribution is 2.44. The van der Waals surface area contributed by atoms with Crippen LogP contribution >= 0.6 is 11.3 Å². The van der Waals surface area contributed by atoms with Crippen molar-refractivity contribution in [2.24, 2.45) is 0 Å². The van der Waals surface area contributed by atoms with Crippen molar-refractivity contribution in [3.05, 3.63) is 45.6 Å². The van der Waals surface area contributed by atoms with Crippen molar-refractivity contribution in [1.82, 2.24) is 5.32 Å². The Morgan fingerprint density at radius 2 is 2.24 bits per heavy atom. The van der Waals surface area contributed by atoms with Crippen LogP contribution in [0.25, 0.3) is 0 Å². The van der Waals surface area contributed by atoms with Gasteiger partial charge in [0.25, 0.3) is 0 Å². The Kier molecular flexibility index (Phi) is 4.17. The number of hydrogen-bond acceptors (Lipinski definition) is 4. The van der Waals surface area contributed by atoms with Crippen molar-refractivity contribution in [3.63, 3.8) is 0 Å². The zero-order chi connectivity index (χ0) is 14.8. The molecular weight excluding hydrogens is 282 g/mol. The normalized spacial score (nSPS) is 20.7. The number of ether oxygens (including phenoxy) is 2. The van der Waals surface area contributed by atoms with Crippen molar-refractivity contribution in [2.75, 3.05) is 13.7 Å². The SMILES string of the molecule is CCNC1CC(c2sccc2C)Oc2ccc(OC)cc21. The summed E-state index contributed by atoms with van der Waals surface area (Å²) in [6, 6.07) is 8.54. The molecule has 0 radical (unpaired) electrons. The molecule has 2 heterocycles. The molecular formula is C17H21NO2S. The maximum absolute atomic E-state index is 6.25. The van der Waals surface area contributed by atoms with E-state index in [1.807, 2.05) is 12.1 Å². The molecule has 1 N–H and O–H groups in total. The van der Waals surface area contributed by atoms with Crippen molar-refractivity contribution in [3.8, 4) is 11.5 Å². The first kappa shape index (κ1) is 14.4. The van der Waals surface area contributed by atoms with Crippen LogP contribution in [0.15, 0.2) is 29.6 Å². The van der Waals surface area contributed by atoms with Gasteiger partial charge in [0.2, 0.25) is 0 Å². The lowest BCUT2D eigenvalue weighted by Crippen LogP contribution is -2.29. The molecule has 3 rings (SSSR count). The molecule has 112 valence electrons. The molecule has 1 aliphatic heterocycles. The van der Waals surface area contributed by atoms with Gasteiger partial charge in [-0.2, -0.15) is 0 Å². The van der Waals surface area contributed by atoms with E-state index in [2.05, 4.69) is 36.7 Å². The lowest BCUT2D eigenvalue weighted by molar-refractivity contribution is 0.154. The van der Waals surface area contributed by atoms with Crippen LogP contribution < -0.4 is 14.8 Å². The van der Waals surface area contributed by atoms with E-state index < -0.39 is 0 Å². The van der Waals surface area contributed by atoms with Gasteiger partial charge in [0.15, 0.2) is 0 Å². The highest BCUT2D eigenvalue weighted by atomic mass is 32.1. The summed E-state index contributed by atoms with van der Waals surface area (Å²) in [5.41, 5.74) is 2.51. The molecule has 2 aromatic rings. The fourth-order valence-electron chi connectivity index (χ4n) is 2.89. The largest absolute Gasteiger partial charge is 0.497 e. The first-order chi connectivity index (χ1) is 10.2. The maximum atomic E-state index is 6.25. The predicted octanol–water partition coefficient (Wildman–Crippen LogP) is 4.24. The molecule has 1 aromatic carbocycles. The van der Waals surface area contributed by atoms with E-state index in [0.29, 0.717) is 6.04 Å². The Bertz CT molecular complexity index is 623. The number of benzene rings is 1. The number of hydrogen-bond donors (Lipinski definition) is 1. The zero-order valence-corrected chi connectivity index (χ0v) is 13.5. The molecule has 2 atom stereocenters. The Hall–Kier alpha value is -1.52. The molecule has 0 spiro atoms. The van der Waals surface area contributed by atoms with Crippen LogP contribution in [-0.4, -0.2) is 13.7 Å². The van der Waals surface area contributed by atoms with Crippen LogP contribution in [0.1, 0.15) is 41.5 Å². The van der Waals surface area contributed by atoms with E-state index in [9.17, 15) is 0 Å². The lowest BCUT2D eigenvalue weighted by Gasteiger charge is -2.33. The van der Waals surface area contributed by atoms with Gasteiger partial charge >= 0.3 is 0 Å². The summed E-state index contributed by atoms with van der Waals surface area (Å²) in [6.45, 7) is 5.24. The molecule has 3 nitrogen and oxygen atoms in total. The van der Waals surface area contributed by atoms with Crippen molar-refractivity contribution >= 4 is 11.3 Å². The minimum atomic E-state index is 0.134. The van der Waals surface area contributed by atoms with Crippen LogP contribution in [0.2, 0.25) is 0 Å². The number of methoxy groups -OCH3 is 1. The van der Waals surface area contributed by atoms with Gasteiger partial charge in [0.1, 0.15) is 17.6 Å². The smallest absolute Gasteiger partial charge is 0.135 e. The Morgan fingerprint density at radius 1 is 1.38 bits per heavy atom. The standard InChI is InChI=1S/C17H21NO2S/c1-4-18-14-10-16(17-11(2)7-8-21-17)20-15-6-5-12(19-3)9-13(14)15/h5-9,14,16,18H,4,10H2,1-3H3. The van der Waals surface area contributed by atoms with E-state index in [-0.39, 0.29) is 6.10 Å². The molecule has 4 heteroatoms. The number of fused-ring (bicyclic) bond motifs is 1. The topological polar surface area (TPSA) is 30.5 Å². The van der Waals surface area contributed by atoms with Crippen LogP contribution in [0.4, 0.5) is 0 Å². The van der Waals surface area contributed by atoms with Gasteiger partial charge in [-0.15, -0.1) is 11.3 Å². The van der Waals surface area contributed by atoms with Gasteiger partial charge < -0.3 is 14.8 Å². The lowest BCUT2D eigenvalue weighted by atomic mass is 9.94. The summed E-state index contributed by atoms with van der Waals surface area (Å²) in [7, 11) is 1.70. The molecule has 0 amide bonds. The second kappa shape index (κ2) is 6.08. The van der Waals surface area contributed by atoms with Gasteiger partial charge in [-0.1, -0.05) is 6.92 Å². The molecule has 0 saturated carbocycles. The molecule has 0 aliphatic carbocycles. The van der Waals surface area contributed by atoms with Gasteiger partial charge in [-0.3, -0.25) is 0 Å². The van der Waals surface area contributed by atoms with Crippen LogP contribution in [-0.2, 0) is 0 Å². The molecule has 2 unspecified atom stereocenters. The zero-order valence-electron chi connectivity index (χ0n) is 12.7. The summed E-state index contributed by atoms with van der Waals surface area (Å²) in [4.78, 5) is 1.33. The predicted molar refractivity (Wildman–Crippen MR) is 86.5 cm³/mol. The van der Waals surface area contributed by atoms with E-state index >= 15 is 0 Å². The average molecular weight is 303 g/mol. The highest BCUT2D eigenvalue weighted by Gasteiger charge is 2.30. The van der Waals surface area contributed by atoms with Gasteiger partial charge in [0, 0.05) is 22.9 Å². The molecule has 1 aromatic heterocycles. The monoisotopic (exact) mass is 303 g/mol. The van der Waals surface area contributed by atoms with E-state index in [4.69, 9.17) is 9.47 Å². The van der Waals surface area contributed by atoms with Gasteiger partial charge in [-0.25, -0.2) is 0 Å². The van der Waals surface area contributed by atoms with Crippen LogP contribution in [0.3, 0.4) is 0 Å². The fourth-order valence-corrected chi connectivity index (χ4v) is 3.86. The molecule has 0 saturated heterocycles. The summed E-state index contributed by atoms with van der Waals surface area (Å²) in [6.07, 6.45) is 1.09. The molecule has 0 fully saturated rings. The van der Waals surface area contributed by atoms with E-state index in [1.54, 1.807) is 18.4 Å². The summed E-state index contributed by atoms with van der Waals surface area (Å²) < 4.78 is 11.6. The summed E-state index contributed by atoms with van der Waals surface area (Å²) in [5.74, 6) is 1.84. The fraction of sp³-hybridized carbons (Fsp3) is 0.412.